The molecule has 1 aliphatic rings. The highest BCUT2D eigenvalue weighted by molar-refractivity contribution is 5.92. The van der Waals surface area contributed by atoms with Crippen molar-refractivity contribution in [2.24, 2.45) is 0 Å². The number of likely N-dealkylation sites (tertiary alicyclic amines) is 1. The number of rotatable bonds is 3. The van der Waals surface area contributed by atoms with Crippen molar-refractivity contribution in [3.8, 4) is 6.07 Å². The first-order valence-corrected chi connectivity index (χ1v) is 7.22. The molecule has 3 rings (SSSR count). The molecular weight excluding hydrogens is 280 g/mol. The van der Waals surface area contributed by atoms with Gasteiger partial charge in [-0.15, -0.1) is 5.10 Å². The van der Waals surface area contributed by atoms with E-state index in [2.05, 4.69) is 21.4 Å². The molecule has 0 spiro atoms. The van der Waals surface area contributed by atoms with E-state index in [0.29, 0.717) is 23.5 Å². The van der Waals surface area contributed by atoms with Gasteiger partial charge in [0.2, 0.25) is 0 Å². The molecule has 3 heterocycles. The van der Waals surface area contributed by atoms with Gasteiger partial charge in [-0.25, -0.2) is 4.98 Å². The van der Waals surface area contributed by atoms with Crippen molar-refractivity contribution in [2.45, 2.75) is 32.4 Å². The van der Waals surface area contributed by atoms with Crippen molar-refractivity contribution in [2.75, 3.05) is 6.54 Å². The maximum Gasteiger partial charge on any atom is 0.272 e. The van der Waals surface area contributed by atoms with Crippen molar-refractivity contribution < 1.29 is 4.79 Å². The van der Waals surface area contributed by atoms with Crippen molar-refractivity contribution >= 4 is 5.91 Å². The number of aromatic nitrogens is 4. The first-order chi connectivity index (χ1) is 10.7. The van der Waals surface area contributed by atoms with Crippen LogP contribution in [0.5, 0.6) is 0 Å². The molecule has 7 heteroatoms. The van der Waals surface area contributed by atoms with Gasteiger partial charge in [-0.2, -0.15) is 5.26 Å². The molecule has 1 fully saturated rings. The molecule has 0 aliphatic carbocycles. The van der Waals surface area contributed by atoms with E-state index in [1.807, 2.05) is 4.90 Å². The first kappa shape index (κ1) is 14.2. The van der Waals surface area contributed by atoms with Crippen molar-refractivity contribution in [1.29, 1.82) is 5.26 Å². The van der Waals surface area contributed by atoms with Gasteiger partial charge in [0.05, 0.1) is 30.0 Å². The average molecular weight is 296 g/mol. The molecule has 1 saturated heterocycles. The molecule has 0 radical (unpaired) electrons. The quantitative estimate of drug-likeness (QED) is 0.848. The molecule has 0 N–H and O–H groups in total. The van der Waals surface area contributed by atoms with Gasteiger partial charge in [-0.1, -0.05) is 5.21 Å². The van der Waals surface area contributed by atoms with E-state index in [0.717, 1.165) is 19.4 Å². The molecule has 0 aromatic carbocycles. The molecule has 1 amide bonds. The van der Waals surface area contributed by atoms with Crippen LogP contribution in [0.3, 0.4) is 0 Å². The number of nitriles is 1. The van der Waals surface area contributed by atoms with Crippen molar-refractivity contribution in [3.05, 3.63) is 41.5 Å². The number of hydrogen-bond donors (Lipinski definition) is 0. The number of carbonyl (C=O) groups excluding carboxylic acids is 1. The monoisotopic (exact) mass is 296 g/mol. The molecule has 2 aromatic rings. The van der Waals surface area contributed by atoms with Crippen LogP contribution in [0.1, 0.15) is 34.6 Å². The minimum Gasteiger partial charge on any atom is -0.332 e. The fraction of sp³-hybridized carbons (Fsp3) is 0.400. The van der Waals surface area contributed by atoms with Crippen LogP contribution in [0.4, 0.5) is 0 Å². The molecule has 0 bridgehead atoms. The van der Waals surface area contributed by atoms with E-state index in [4.69, 9.17) is 5.26 Å². The third-order valence-corrected chi connectivity index (χ3v) is 3.93. The highest BCUT2D eigenvalue weighted by atomic mass is 16.2. The zero-order valence-corrected chi connectivity index (χ0v) is 12.3. The lowest BCUT2D eigenvalue weighted by Crippen LogP contribution is -2.38. The fourth-order valence-electron chi connectivity index (χ4n) is 2.78. The maximum absolute atomic E-state index is 12.7. The van der Waals surface area contributed by atoms with Gasteiger partial charge < -0.3 is 4.90 Å². The SMILES string of the molecule is Cc1nc(C(=O)N2CCC[C@H]2Cn2ccnn2)ccc1C#N. The summed E-state index contributed by atoms with van der Waals surface area (Å²) >= 11 is 0. The second-order valence-electron chi connectivity index (χ2n) is 5.36. The summed E-state index contributed by atoms with van der Waals surface area (Å²) < 4.78 is 1.74. The Bertz CT molecular complexity index is 718. The fourth-order valence-corrected chi connectivity index (χ4v) is 2.78. The standard InChI is InChI=1S/C15H16N6O/c1-11-12(9-16)4-5-14(18-11)15(22)21-7-2-3-13(21)10-20-8-6-17-19-20/h4-6,8,13H,2-3,7,10H2,1H3/t13-/m0/s1. The number of hydrogen-bond acceptors (Lipinski definition) is 5. The van der Waals surface area contributed by atoms with Gasteiger partial charge in [-0.3, -0.25) is 9.48 Å². The van der Waals surface area contributed by atoms with Crippen LogP contribution >= 0.6 is 0 Å². The van der Waals surface area contributed by atoms with Crippen LogP contribution in [0, 0.1) is 18.3 Å². The third-order valence-electron chi connectivity index (χ3n) is 3.93. The summed E-state index contributed by atoms with van der Waals surface area (Å²) in [5, 5.41) is 16.7. The number of pyridine rings is 1. The summed E-state index contributed by atoms with van der Waals surface area (Å²) in [6.07, 6.45) is 5.35. The summed E-state index contributed by atoms with van der Waals surface area (Å²) in [7, 11) is 0. The van der Waals surface area contributed by atoms with E-state index in [-0.39, 0.29) is 11.9 Å². The molecule has 0 unspecified atom stereocenters. The molecule has 112 valence electrons. The lowest BCUT2D eigenvalue weighted by atomic mass is 10.2. The molecule has 22 heavy (non-hydrogen) atoms. The minimum absolute atomic E-state index is 0.0878. The number of nitrogens with zero attached hydrogens (tertiary/aromatic N) is 6. The molecule has 1 atom stereocenters. The van der Waals surface area contributed by atoms with Crippen LogP contribution in [-0.4, -0.2) is 43.4 Å². The van der Waals surface area contributed by atoms with Crippen LogP contribution in [0.15, 0.2) is 24.5 Å². The largest absolute Gasteiger partial charge is 0.332 e. The van der Waals surface area contributed by atoms with Gasteiger partial charge in [0.1, 0.15) is 11.8 Å². The van der Waals surface area contributed by atoms with Gasteiger partial charge in [0.25, 0.3) is 5.91 Å². The first-order valence-electron chi connectivity index (χ1n) is 7.22. The molecule has 7 nitrogen and oxygen atoms in total. The minimum atomic E-state index is -0.0878. The van der Waals surface area contributed by atoms with E-state index >= 15 is 0 Å². The van der Waals surface area contributed by atoms with Gasteiger partial charge in [-0.05, 0) is 31.9 Å². The van der Waals surface area contributed by atoms with E-state index in [1.165, 1.54) is 0 Å². The zero-order valence-electron chi connectivity index (χ0n) is 12.3. The Hall–Kier alpha value is -2.75. The Morgan fingerprint density at radius 3 is 3.05 bits per heavy atom. The molecule has 2 aromatic heterocycles. The summed E-state index contributed by atoms with van der Waals surface area (Å²) in [5.74, 6) is -0.0878. The summed E-state index contributed by atoms with van der Waals surface area (Å²) in [4.78, 5) is 18.8. The van der Waals surface area contributed by atoms with Crippen LogP contribution in [0.2, 0.25) is 0 Å². The maximum atomic E-state index is 12.7. The smallest absolute Gasteiger partial charge is 0.272 e. The second kappa shape index (κ2) is 5.93. The Morgan fingerprint density at radius 1 is 1.50 bits per heavy atom. The van der Waals surface area contributed by atoms with Crippen molar-refractivity contribution in [3.63, 3.8) is 0 Å². The van der Waals surface area contributed by atoms with Crippen LogP contribution in [0.25, 0.3) is 0 Å². The summed E-state index contributed by atoms with van der Waals surface area (Å²) in [5.41, 5.74) is 1.47. The predicted octanol–water partition coefficient (Wildman–Crippen LogP) is 1.16. The lowest BCUT2D eigenvalue weighted by Gasteiger charge is -2.24. The van der Waals surface area contributed by atoms with Crippen molar-refractivity contribution in [1.82, 2.24) is 24.9 Å². The predicted molar refractivity (Wildman–Crippen MR) is 77.8 cm³/mol. The van der Waals surface area contributed by atoms with E-state index in [1.54, 1.807) is 36.1 Å². The third kappa shape index (κ3) is 2.68. The lowest BCUT2D eigenvalue weighted by molar-refractivity contribution is 0.0715. The van der Waals surface area contributed by atoms with Crippen LogP contribution in [-0.2, 0) is 6.54 Å². The zero-order chi connectivity index (χ0) is 15.5. The topological polar surface area (TPSA) is 87.7 Å². The molecular formula is C15H16N6O. The summed E-state index contributed by atoms with van der Waals surface area (Å²) in [6.45, 7) is 3.10. The van der Waals surface area contributed by atoms with E-state index < -0.39 is 0 Å². The normalized spacial score (nSPS) is 17.5. The second-order valence-corrected chi connectivity index (χ2v) is 5.36. The van der Waals surface area contributed by atoms with Crippen LogP contribution < -0.4 is 0 Å². The van der Waals surface area contributed by atoms with Gasteiger partial charge in [0, 0.05) is 12.7 Å². The van der Waals surface area contributed by atoms with Gasteiger partial charge in [0.15, 0.2) is 0 Å². The Morgan fingerprint density at radius 2 is 2.36 bits per heavy atom. The number of amides is 1. The number of carbonyl (C=O) groups is 1. The van der Waals surface area contributed by atoms with Gasteiger partial charge >= 0.3 is 0 Å². The molecule has 1 aliphatic heterocycles. The Labute approximate surface area is 128 Å². The Balaban J connectivity index is 1.78. The highest BCUT2D eigenvalue weighted by Gasteiger charge is 2.30. The average Bonchev–Trinajstić information content (AvgIpc) is 3.18. The number of aryl methyl sites for hydroxylation is 1. The Kier molecular flexibility index (Phi) is 3.83. The molecule has 0 saturated carbocycles. The summed E-state index contributed by atoms with van der Waals surface area (Å²) in [6, 6.07) is 5.44. The van der Waals surface area contributed by atoms with E-state index in [9.17, 15) is 4.79 Å². The highest BCUT2D eigenvalue weighted by Crippen LogP contribution is 2.21.